The first-order chi connectivity index (χ1) is 15.8. The van der Waals surface area contributed by atoms with E-state index in [1.807, 2.05) is 18.2 Å². The zero-order chi connectivity index (χ0) is 23.8. The largest absolute Gasteiger partial charge is 0.375 e. The number of rotatable bonds is 10. The lowest BCUT2D eigenvalue weighted by Gasteiger charge is -2.30. The second kappa shape index (κ2) is 11.4. The molecular formula is C25H33N3O4S. The molecule has 0 unspecified atom stereocenters. The molecule has 0 bridgehead atoms. The van der Waals surface area contributed by atoms with E-state index >= 15 is 0 Å². The number of sulfonamides is 1. The van der Waals surface area contributed by atoms with E-state index in [0.717, 1.165) is 19.4 Å². The molecule has 7 nitrogen and oxygen atoms in total. The van der Waals surface area contributed by atoms with E-state index in [4.69, 9.17) is 0 Å². The van der Waals surface area contributed by atoms with Crippen molar-refractivity contribution in [3.63, 3.8) is 0 Å². The molecule has 0 atom stereocenters. The van der Waals surface area contributed by atoms with Gasteiger partial charge in [0.2, 0.25) is 15.9 Å². The standard InChI is InChI=1S/C25H33N3O4S/c1-20(29)21-10-12-24(13-11-21)33(31,32)28-18-14-22(15-19-28)25(30)26-16-6-7-17-27(2)23-8-4-3-5-9-23/h3-5,8-13,22H,6-7,14-19H2,1-2H3,(H,26,30). The summed E-state index contributed by atoms with van der Waals surface area (Å²) < 4.78 is 27.2. The number of nitrogens with zero attached hydrogens (tertiary/aromatic N) is 2. The van der Waals surface area contributed by atoms with Gasteiger partial charge in [0.25, 0.3) is 0 Å². The van der Waals surface area contributed by atoms with Crippen LogP contribution in [0.2, 0.25) is 0 Å². The topological polar surface area (TPSA) is 86.8 Å². The Hall–Kier alpha value is -2.71. The molecule has 0 radical (unpaired) electrons. The zero-order valence-electron chi connectivity index (χ0n) is 19.4. The molecule has 1 heterocycles. The van der Waals surface area contributed by atoms with Gasteiger partial charge in [0.15, 0.2) is 5.78 Å². The maximum atomic E-state index is 12.9. The number of benzene rings is 2. The fraction of sp³-hybridized carbons (Fsp3) is 0.440. The van der Waals surface area contributed by atoms with Crippen LogP contribution in [0.25, 0.3) is 0 Å². The summed E-state index contributed by atoms with van der Waals surface area (Å²) in [6, 6.07) is 16.2. The summed E-state index contributed by atoms with van der Waals surface area (Å²) >= 11 is 0. The molecule has 0 spiro atoms. The Labute approximate surface area is 196 Å². The van der Waals surface area contributed by atoms with Gasteiger partial charge in [0.1, 0.15) is 0 Å². The Morgan fingerprint density at radius 3 is 2.24 bits per heavy atom. The number of para-hydroxylation sites is 1. The molecule has 1 saturated heterocycles. The number of Topliss-reactive ketones (excluding diaryl/α,β-unsaturated/α-hetero) is 1. The molecule has 0 aliphatic carbocycles. The number of hydrogen-bond donors (Lipinski definition) is 1. The highest BCUT2D eigenvalue weighted by Crippen LogP contribution is 2.24. The lowest BCUT2D eigenvalue weighted by Crippen LogP contribution is -2.43. The van der Waals surface area contributed by atoms with E-state index in [1.165, 1.54) is 41.2 Å². The van der Waals surface area contributed by atoms with Crippen LogP contribution in [0.15, 0.2) is 59.5 Å². The number of nitrogens with one attached hydrogen (secondary N) is 1. The van der Waals surface area contributed by atoms with Gasteiger partial charge in [0.05, 0.1) is 4.90 Å². The monoisotopic (exact) mass is 471 g/mol. The summed E-state index contributed by atoms with van der Waals surface area (Å²) in [7, 11) is -1.56. The molecule has 1 N–H and O–H groups in total. The summed E-state index contributed by atoms with van der Waals surface area (Å²) in [5.41, 5.74) is 1.66. The van der Waals surface area contributed by atoms with Gasteiger partial charge in [0, 0.05) is 50.4 Å². The van der Waals surface area contributed by atoms with Gasteiger partial charge in [-0.1, -0.05) is 30.3 Å². The third kappa shape index (κ3) is 6.65. The van der Waals surface area contributed by atoms with Gasteiger partial charge in [-0.05, 0) is 56.9 Å². The molecule has 0 saturated carbocycles. The Morgan fingerprint density at radius 1 is 1.00 bits per heavy atom. The van der Waals surface area contributed by atoms with Crippen LogP contribution in [0.5, 0.6) is 0 Å². The minimum Gasteiger partial charge on any atom is -0.375 e. The second-order valence-corrected chi connectivity index (χ2v) is 10.5. The third-order valence-electron chi connectivity index (χ3n) is 6.14. The average Bonchev–Trinajstić information content (AvgIpc) is 2.84. The van der Waals surface area contributed by atoms with E-state index < -0.39 is 10.0 Å². The minimum atomic E-state index is -3.62. The van der Waals surface area contributed by atoms with Crippen molar-refractivity contribution >= 4 is 27.4 Å². The number of unbranched alkanes of at least 4 members (excludes halogenated alkanes) is 1. The van der Waals surface area contributed by atoms with Crippen molar-refractivity contribution in [2.24, 2.45) is 5.92 Å². The van der Waals surface area contributed by atoms with Crippen molar-refractivity contribution in [3.8, 4) is 0 Å². The summed E-state index contributed by atoms with van der Waals surface area (Å²) in [5, 5.41) is 3.01. The zero-order valence-corrected chi connectivity index (χ0v) is 20.2. The Kier molecular flexibility index (Phi) is 8.63. The molecular weight excluding hydrogens is 438 g/mol. The van der Waals surface area contributed by atoms with Gasteiger partial charge < -0.3 is 10.2 Å². The number of hydrogen-bond acceptors (Lipinski definition) is 5. The summed E-state index contributed by atoms with van der Waals surface area (Å²) in [5.74, 6) is -0.258. The first-order valence-electron chi connectivity index (χ1n) is 11.4. The van der Waals surface area contributed by atoms with Crippen LogP contribution in [-0.2, 0) is 14.8 Å². The van der Waals surface area contributed by atoms with Crippen LogP contribution < -0.4 is 10.2 Å². The summed E-state index contributed by atoms with van der Waals surface area (Å²) in [6.45, 7) is 3.63. The number of anilines is 1. The molecule has 1 fully saturated rings. The van der Waals surface area contributed by atoms with Gasteiger partial charge >= 0.3 is 0 Å². The van der Waals surface area contributed by atoms with Crippen LogP contribution in [-0.4, -0.2) is 57.6 Å². The lowest BCUT2D eigenvalue weighted by atomic mass is 9.97. The molecule has 2 aromatic carbocycles. The molecule has 178 valence electrons. The molecule has 1 amide bonds. The Bertz CT molecular complexity index is 1030. The molecule has 8 heteroatoms. The van der Waals surface area contributed by atoms with Crippen LogP contribution in [0.3, 0.4) is 0 Å². The fourth-order valence-corrected chi connectivity index (χ4v) is 5.48. The second-order valence-electron chi connectivity index (χ2n) is 8.51. The van der Waals surface area contributed by atoms with Crippen LogP contribution in [0, 0.1) is 5.92 Å². The van der Waals surface area contributed by atoms with Gasteiger partial charge in [-0.3, -0.25) is 9.59 Å². The molecule has 0 aromatic heterocycles. The van der Waals surface area contributed by atoms with Crippen molar-refractivity contribution in [3.05, 3.63) is 60.2 Å². The summed E-state index contributed by atoms with van der Waals surface area (Å²) in [6.07, 6.45) is 2.89. The van der Waals surface area contributed by atoms with Crippen LogP contribution in [0.1, 0.15) is 43.0 Å². The molecule has 1 aliphatic heterocycles. The maximum absolute atomic E-state index is 12.9. The first-order valence-corrected chi connectivity index (χ1v) is 12.9. The SMILES string of the molecule is CC(=O)c1ccc(S(=O)(=O)N2CCC(C(=O)NCCCCN(C)c3ccccc3)CC2)cc1. The fourth-order valence-electron chi connectivity index (χ4n) is 4.01. The molecule has 2 aromatic rings. The Morgan fingerprint density at radius 2 is 1.64 bits per heavy atom. The lowest BCUT2D eigenvalue weighted by molar-refractivity contribution is -0.126. The highest BCUT2D eigenvalue weighted by Gasteiger charge is 2.32. The van der Waals surface area contributed by atoms with Crippen LogP contribution in [0.4, 0.5) is 5.69 Å². The average molecular weight is 472 g/mol. The first kappa shape index (κ1) is 24.9. The van der Waals surface area contributed by atoms with E-state index in [-0.39, 0.29) is 22.5 Å². The predicted molar refractivity (Wildman–Crippen MR) is 130 cm³/mol. The third-order valence-corrected chi connectivity index (χ3v) is 8.05. The van der Waals surface area contributed by atoms with Crippen molar-refractivity contribution < 1.29 is 18.0 Å². The molecule has 3 rings (SSSR count). The normalized spacial score (nSPS) is 15.2. The highest BCUT2D eigenvalue weighted by molar-refractivity contribution is 7.89. The smallest absolute Gasteiger partial charge is 0.243 e. The van der Waals surface area contributed by atoms with Crippen molar-refractivity contribution in [1.29, 1.82) is 0 Å². The molecule has 1 aliphatic rings. The number of ketones is 1. The number of carbonyl (C=O) groups is 2. The highest BCUT2D eigenvalue weighted by atomic mass is 32.2. The van der Waals surface area contributed by atoms with E-state index in [9.17, 15) is 18.0 Å². The maximum Gasteiger partial charge on any atom is 0.243 e. The van der Waals surface area contributed by atoms with Gasteiger partial charge in [-0.15, -0.1) is 0 Å². The summed E-state index contributed by atoms with van der Waals surface area (Å²) in [4.78, 5) is 26.3. The predicted octanol–water partition coefficient (Wildman–Crippen LogP) is 3.32. The number of carbonyl (C=O) groups excluding carboxylic acids is 2. The van der Waals surface area contributed by atoms with Gasteiger partial charge in [-0.25, -0.2) is 8.42 Å². The van der Waals surface area contributed by atoms with Gasteiger partial charge in [-0.2, -0.15) is 4.31 Å². The minimum absolute atomic E-state index is 0.00859. The molecule has 33 heavy (non-hydrogen) atoms. The van der Waals surface area contributed by atoms with Crippen molar-refractivity contribution in [1.82, 2.24) is 9.62 Å². The quantitative estimate of drug-likeness (QED) is 0.424. The number of amides is 1. The Balaban J connectivity index is 1.39. The van der Waals surface area contributed by atoms with E-state index in [0.29, 0.717) is 38.0 Å². The van der Waals surface area contributed by atoms with Crippen molar-refractivity contribution in [2.75, 3.05) is 38.1 Å². The van der Waals surface area contributed by atoms with Crippen molar-refractivity contribution in [2.45, 2.75) is 37.5 Å². The van der Waals surface area contributed by atoms with E-state index in [2.05, 4.69) is 29.4 Å². The number of piperidine rings is 1. The van der Waals surface area contributed by atoms with E-state index in [1.54, 1.807) is 0 Å². The van der Waals surface area contributed by atoms with Crippen LogP contribution >= 0.6 is 0 Å².